The van der Waals surface area contributed by atoms with Gasteiger partial charge in [-0.3, -0.25) is 9.88 Å². The SMILES string of the molecule is COc1ccc(CNc2nccnc2C(C)N2C=C(OC[C@@H]3CC[C@H]4COCCN43)Oc3c(F)c(-c4nc(N(Cc5ccc(OC)cc5)Cc5ccc(OC)cc5)cc(C)c4C(F)(F)F)c(Cl)c4c3C2=NCN4)cc1. The van der Waals surface area contributed by atoms with Gasteiger partial charge in [0.15, 0.2) is 11.6 Å². The molecule has 6 heterocycles. The van der Waals surface area contributed by atoms with Crippen molar-refractivity contribution in [2.24, 2.45) is 4.99 Å². The largest absolute Gasteiger partial charge is 0.497 e. The number of methoxy groups -OCH3 is 3. The molecule has 20 heteroatoms. The summed E-state index contributed by atoms with van der Waals surface area (Å²) in [4.78, 5) is 24.9. The van der Waals surface area contributed by atoms with Gasteiger partial charge in [-0.05, 0) is 91.4 Å². The van der Waals surface area contributed by atoms with Crippen molar-refractivity contribution < 1.29 is 46.0 Å². The first-order valence-corrected chi connectivity index (χ1v) is 24.9. The van der Waals surface area contributed by atoms with Gasteiger partial charge in [-0.2, -0.15) is 13.2 Å². The van der Waals surface area contributed by atoms with Gasteiger partial charge in [0.2, 0.25) is 0 Å². The third-order valence-electron chi connectivity index (χ3n) is 14.0. The van der Waals surface area contributed by atoms with Crippen molar-refractivity contribution in [2.75, 3.05) is 69.9 Å². The van der Waals surface area contributed by atoms with E-state index in [9.17, 15) is 0 Å². The molecule has 2 fully saturated rings. The highest BCUT2D eigenvalue weighted by Gasteiger charge is 2.43. The van der Waals surface area contributed by atoms with Gasteiger partial charge in [0.25, 0.3) is 0 Å². The number of alkyl halides is 3. The minimum atomic E-state index is -5.00. The molecule has 6 aromatic rings. The van der Waals surface area contributed by atoms with Gasteiger partial charge in [0.05, 0.1) is 79.9 Å². The third kappa shape index (κ3) is 10.7. The number of morpholine rings is 1. The summed E-state index contributed by atoms with van der Waals surface area (Å²) >= 11 is 7.32. The van der Waals surface area contributed by atoms with E-state index in [0.717, 1.165) is 41.8 Å². The number of hydrogen-bond donors (Lipinski definition) is 2. The predicted molar refractivity (Wildman–Crippen MR) is 277 cm³/mol. The number of nitrogens with one attached hydrogen (secondary N) is 2. The van der Waals surface area contributed by atoms with E-state index in [1.165, 1.54) is 13.0 Å². The molecule has 0 spiro atoms. The molecule has 10 rings (SSSR count). The molecule has 75 heavy (non-hydrogen) atoms. The van der Waals surface area contributed by atoms with Crippen LogP contribution in [0.25, 0.3) is 11.3 Å². The maximum absolute atomic E-state index is 18.3. The van der Waals surface area contributed by atoms with Crippen molar-refractivity contribution in [2.45, 2.75) is 70.6 Å². The van der Waals surface area contributed by atoms with Gasteiger partial charge in [-0.15, -0.1) is 0 Å². The number of amidine groups is 1. The lowest BCUT2D eigenvalue weighted by molar-refractivity contribution is -0.137. The second kappa shape index (κ2) is 21.9. The molecule has 0 radical (unpaired) electrons. The van der Waals surface area contributed by atoms with E-state index in [1.54, 1.807) is 69.1 Å². The monoisotopic (exact) mass is 1050 g/mol. The molecule has 4 aliphatic rings. The first-order valence-electron chi connectivity index (χ1n) is 24.6. The maximum Gasteiger partial charge on any atom is 0.418 e. The van der Waals surface area contributed by atoms with Gasteiger partial charge in [-0.1, -0.05) is 48.0 Å². The number of rotatable bonds is 17. The van der Waals surface area contributed by atoms with Crippen LogP contribution in [0.4, 0.5) is 34.9 Å². The summed E-state index contributed by atoms with van der Waals surface area (Å²) in [6, 6.07) is 23.2. The number of hydrogen-bond acceptors (Lipinski definition) is 15. The van der Waals surface area contributed by atoms with Crippen LogP contribution in [-0.4, -0.2) is 97.0 Å². The van der Waals surface area contributed by atoms with E-state index >= 15 is 17.6 Å². The zero-order valence-electron chi connectivity index (χ0n) is 42.0. The van der Waals surface area contributed by atoms with Crippen molar-refractivity contribution in [1.29, 1.82) is 0 Å². The highest BCUT2D eigenvalue weighted by atomic mass is 35.5. The Hall–Kier alpha value is -7.35. The van der Waals surface area contributed by atoms with E-state index in [1.807, 2.05) is 60.4 Å². The smallest absolute Gasteiger partial charge is 0.418 e. The molecule has 2 aromatic heterocycles. The third-order valence-corrected chi connectivity index (χ3v) is 14.4. The average Bonchev–Trinajstić information content (AvgIpc) is 3.80. The Labute approximate surface area is 437 Å². The van der Waals surface area contributed by atoms with Gasteiger partial charge >= 0.3 is 12.1 Å². The van der Waals surface area contributed by atoms with E-state index in [0.29, 0.717) is 42.8 Å². The standard InChI is InChI=1S/C55H56ClF4N9O6/c1-32-24-42(67(26-35-8-16-40(71-4)17-9-35)27-36-10-18-41(72-5)19-11-36)66-50(46(32)55(58,59)60)44-47(56)51-45-52(48(44)57)75-43(74-30-38-13-12-37-29-73-23-22-68(37)38)28-69(54(45)65-31-64-51)33(2)49-53(62-21-20-61-49)63-25-34-6-14-39(70-3)15-7-34/h6-11,14-21,24,28,33,37-38,64H,12-13,22-23,25-27,29-31H2,1-5H3,(H,62,63)/t33?,37-,38-/m0/s1. The fourth-order valence-corrected chi connectivity index (χ4v) is 10.5. The number of fused-ring (bicyclic) bond motifs is 1. The van der Waals surface area contributed by atoms with Crippen LogP contribution in [0, 0.1) is 12.7 Å². The Bertz CT molecular complexity index is 3040. The summed E-state index contributed by atoms with van der Waals surface area (Å²) < 4.78 is 100. The van der Waals surface area contributed by atoms with Crippen LogP contribution in [0.1, 0.15) is 64.9 Å². The lowest BCUT2D eigenvalue weighted by Crippen LogP contribution is -2.46. The van der Waals surface area contributed by atoms with E-state index < -0.39 is 40.6 Å². The molecule has 2 saturated heterocycles. The molecule has 0 saturated carbocycles. The minimum Gasteiger partial charge on any atom is -0.497 e. The number of benzene rings is 4. The average molecular weight is 1050 g/mol. The van der Waals surface area contributed by atoms with Gasteiger partial charge < -0.3 is 48.9 Å². The van der Waals surface area contributed by atoms with E-state index in [4.69, 9.17) is 55.0 Å². The summed E-state index contributed by atoms with van der Waals surface area (Å²) in [7, 11) is 4.73. The van der Waals surface area contributed by atoms with Crippen molar-refractivity contribution in [1.82, 2.24) is 24.8 Å². The second-order valence-electron chi connectivity index (χ2n) is 18.6. The highest BCUT2D eigenvalue weighted by Crippen LogP contribution is 2.51. The van der Waals surface area contributed by atoms with E-state index in [-0.39, 0.29) is 77.9 Å². The fourth-order valence-electron chi connectivity index (χ4n) is 10.1. The number of pyridine rings is 1. The first kappa shape index (κ1) is 51.1. The number of aliphatic imine (C=N–C) groups is 1. The molecule has 3 atom stereocenters. The Morgan fingerprint density at radius 1 is 0.880 bits per heavy atom. The van der Waals surface area contributed by atoms with Crippen LogP contribution in [0.2, 0.25) is 5.02 Å². The maximum atomic E-state index is 18.3. The van der Waals surface area contributed by atoms with Gasteiger partial charge in [-0.25, -0.2) is 19.4 Å². The molecule has 392 valence electrons. The number of anilines is 3. The Balaban J connectivity index is 1.09. The highest BCUT2D eigenvalue weighted by molar-refractivity contribution is 6.37. The summed E-state index contributed by atoms with van der Waals surface area (Å²) in [6.45, 7) is 6.02. The molecule has 1 unspecified atom stereocenters. The Morgan fingerprint density at radius 2 is 1.52 bits per heavy atom. The molecular formula is C55H56ClF4N9O6. The Kier molecular flexibility index (Phi) is 14.9. The van der Waals surface area contributed by atoms with Gasteiger partial charge in [0, 0.05) is 50.7 Å². The van der Waals surface area contributed by atoms with Crippen molar-refractivity contribution in [3.8, 4) is 34.3 Å². The normalized spacial score (nSPS) is 17.5. The lowest BCUT2D eigenvalue weighted by atomic mass is 9.96. The zero-order chi connectivity index (χ0) is 52.4. The lowest BCUT2D eigenvalue weighted by Gasteiger charge is -2.33. The van der Waals surface area contributed by atoms with Crippen LogP contribution in [0.5, 0.6) is 23.0 Å². The number of aryl methyl sites for hydroxylation is 1. The molecular weight excluding hydrogens is 994 g/mol. The number of halogens is 5. The van der Waals surface area contributed by atoms with Crippen LogP contribution in [0.15, 0.2) is 108 Å². The van der Waals surface area contributed by atoms with Crippen molar-refractivity contribution >= 4 is 34.8 Å². The molecule has 4 aliphatic heterocycles. The Morgan fingerprint density at radius 3 is 2.16 bits per heavy atom. The first-order chi connectivity index (χ1) is 36.3. The van der Waals surface area contributed by atoms with Crippen molar-refractivity contribution in [3.63, 3.8) is 0 Å². The molecule has 0 amide bonds. The summed E-state index contributed by atoms with van der Waals surface area (Å²) in [5.74, 6) is 1.03. The molecule has 2 N–H and O–H groups in total. The minimum absolute atomic E-state index is 0.0135. The van der Waals surface area contributed by atoms with Crippen LogP contribution in [0.3, 0.4) is 0 Å². The fraction of sp³-hybridized carbons (Fsp3) is 0.345. The molecule has 15 nitrogen and oxygen atoms in total. The number of nitrogens with zero attached hydrogens (tertiary/aromatic N) is 7. The van der Waals surface area contributed by atoms with Crippen LogP contribution < -0.4 is 34.5 Å². The summed E-state index contributed by atoms with van der Waals surface area (Å²) in [5, 5.41) is 6.20. The zero-order valence-corrected chi connectivity index (χ0v) is 42.8. The number of ether oxygens (including phenoxy) is 6. The second-order valence-corrected chi connectivity index (χ2v) is 19.0. The van der Waals surface area contributed by atoms with Gasteiger partial charge in [0.1, 0.15) is 53.7 Å². The molecule has 4 aromatic carbocycles. The molecule has 0 bridgehead atoms. The predicted octanol–water partition coefficient (Wildman–Crippen LogP) is 10.8. The van der Waals surface area contributed by atoms with Crippen molar-refractivity contribution in [3.05, 3.63) is 153 Å². The molecule has 0 aliphatic carbocycles. The topological polar surface area (TPSA) is 140 Å². The van der Waals surface area contributed by atoms with Crippen LogP contribution in [-0.2, 0) is 35.3 Å². The summed E-state index contributed by atoms with van der Waals surface area (Å²) in [5.41, 5.74) is 0.561. The summed E-state index contributed by atoms with van der Waals surface area (Å²) in [6.07, 6.45) is 1.46. The van der Waals surface area contributed by atoms with Crippen LogP contribution >= 0.6 is 11.6 Å². The quantitative estimate of drug-likeness (QED) is 0.0837. The number of aromatic nitrogens is 3. The van der Waals surface area contributed by atoms with E-state index in [2.05, 4.69) is 20.5 Å².